The van der Waals surface area contributed by atoms with Crippen LogP contribution in [0.2, 0.25) is 0 Å². The maximum Gasteiger partial charge on any atom is 0.243 e. The zero-order valence-corrected chi connectivity index (χ0v) is 16.9. The van der Waals surface area contributed by atoms with E-state index in [1.165, 1.54) is 4.90 Å². The van der Waals surface area contributed by atoms with E-state index < -0.39 is 0 Å². The number of hydrogen-bond donors (Lipinski definition) is 2. The fraction of sp³-hybridized carbons (Fsp3) is 0.500. The van der Waals surface area contributed by atoms with Crippen molar-refractivity contribution in [3.63, 3.8) is 0 Å². The minimum atomic E-state index is -0.0532. The number of nitrogens with zero attached hydrogens (tertiary/aromatic N) is 2. The Bertz CT molecular complexity index is 630. The van der Waals surface area contributed by atoms with Gasteiger partial charge in [-0.15, -0.1) is 6.58 Å². The summed E-state index contributed by atoms with van der Waals surface area (Å²) >= 11 is 0. The van der Waals surface area contributed by atoms with Gasteiger partial charge >= 0.3 is 0 Å². The van der Waals surface area contributed by atoms with Crippen LogP contribution in [0.15, 0.2) is 35.8 Å². The van der Waals surface area contributed by atoms with Crippen LogP contribution in [-0.2, 0) is 11.2 Å². The Morgan fingerprint density at radius 1 is 1.19 bits per heavy atom. The van der Waals surface area contributed by atoms with Gasteiger partial charge in [0.15, 0.2) is 17.5 Å². The summed E-state index contributed by atoms with van der Waals surface area (Å²) in [5, 5.41) is 6.35. The van der Waals surface area contributed by atoms with Gasteiger partial charge in [0.2, 0.25) is 5.91 Å². The van der Waals surface area contributed by atoms with Crippen molar-refractivity contribution in [2.45, 2.75) is 20.3 Å². The first-order valence-electron chi connectivity index (χ1n) is 9.23. The average molecular weight is 377 g/mol. The molecule has 0 bridgehead atoms. The second-order valence-electron chi connectivity index (χ2n) is 5.95. The maximum absolute atomic E-state index is 11.7. The van der Waals surface area contributed by atoms with Crippen LogP contribution in [0.1, 0.15) is 19.4 Å². The van der Waals surface area contributed by atoms with E-state index >= 15 is 0 Å². The first kappa shape index (κ1) is 22.3. The van der Waals surface area contributed by atoms with Crippen LogP contribution in [0.3, 0.4) is 0 Å². The van der Waals surface area contributed by atoms with Gasteiger partial charge in [0, 0.05) is 27.2 Å². The first-order chi connectivity index (χ1) is 13.0. The Hall–Kier alpha value is -2.70. The van der Waals surface area contributed by atoms with Crippen LogP contribution in [0, 0.1) is 0 Å². The second-order valence-corrected chi connectivity index (χ2v) is 5.95. The summed E-state index contributed by atoms with van der Waals surface area (Å²) < 4.78 is 11.3. The van der Waals surface area contributed by atoms with Crippen LogP contribution in [0.25, 0.3) is 0 Å². The Kier molecular flexibility index (Phi) is 10.4. The lowest BCUT2D eigenvalue weighted by Crippen LogP contribution is -2.39. The molecule has 7 nitrogen and oxygen atoms in total. The normalized spacial score (nSPS) is 10.9. The van der Waals surface area contributed by atoms with Gasteiger partial charge in [-0.05, 0) is 38.0 Å². The molecule has 0 aliphatic carbocycles. The molecular weight excluding hydrogens is 344 g/mol. The highest BCUT2D eigenvalue weighted by molar-refractivity contribution is 5.84. The zero-order valence-electron chi connectivity index (χ0n) is 16.9. The van der Waals surface area contributed by atoms with E-state index in [0.29, 0.717) is 32.3 Å². The SMILES string of the molecule is C=CCNC(=NCC(=O)N(C)C)NCCc1ccc(OCC)c(OCC)c1. The number of guanidine groups is 1. The van der Waals surface area contributed by atoms with Crippen molar-refractivity contribution in [3.05, 3.63) is 36.4 Å². The molecule has 0 unspecified atom stereocenters. The molecule has 2 N–H and O–H groups in total. The van der Waals surface area contributed by atoms with Gasteiger partial charge in [0.05, 0.1) is 13.2 Å². The third-order valence-corrected chi connectivity index (χ3v) is 3.60. The Morgan fingerprint density at radius 2 is 1.89 bits per heavy atom. The molecule has 0 fully saturated rings. The fourth-order valence-electron chi connectivity index (χ4n) is 2.21. The van der Waals surface area contributed by atoms with Crippen molar-refractivity contribution in [3.8, 4) is 11.5 Å². The van der Waals surface area contributed by atoms with Gasteiger partial charge in [-0.25, -0.2) is 4.99 Å². The highest BCUT2D eigenvalue weighted by atomic mass is 16.5. The number of aliphatic imine (C=N–C) groups is 1. The molecule has 0 spiro atoms. The summed E-state index contributed by atoms with van der Waals surface area (Å²) in [4.78, 5) is 17.5. The third-order valence-electron chi connectivity index (χ3n) is 3.60. The van der Waals surface area contributed by atoms with Gasteiger partial charge in [-0.3, -0.25) is 4.79 Å². The standard InChI is InChI=1S/C20H32N4O3/c1-6-12-21-20(23-15-19(25)24(4)5)22-13-11-16-9-10-17(26-7-2)18(14-16)27-8-3/h6,9-10,14H,1,7-8,11-13,15H2,2-5H3,(H2,21,22,23). The Labute approximate surface area is 162 Å². The van der Waals surface area contributed by atoms with Gasteiger partial charge in [0.25, 0.3) is 0 Å². The molecule has 0 aliphatic heterocycles. The van der Waals surface area contributed by atoms with E-state index in [1.807, 2.05) is 32.0 Å². The molecule has 0 saturated heterocycles. The van der Waals surface area contributed by atoms with Gasteiger partial charge in [-0.1, -0.05) is 12.1 Å². The summed E-state index contributed by atoms with van der Waals surface area (Å²) in [6.45, 7) is 10.1. The number of amides is 1. The number of benzene rings is 1. The first-order valence-corrected chi connectivity index (χ1v) is 9.23. The van der Waals surface area contributed by atoms with Gasteiger partial charge < -0.3 is 25.0 Å². The molecule has 1 aromatic rings. The topological polar surface area (TPSA) is 75.2 Å². The molecular formula is C20H32N4O3. The van der Waals surface area contributed by atoms with Crippen LogP contribution < -0.4 is 20.1 Å². The summed E-state index contributed by atoms with van der Waals surface area (Å²) in [5.74, 6) is 2.05. The fourth-order valence-corrected chi connectivity index (χ4v) is 2.21. The summed E-state index contributed by atoms with van der Waals surface area (Å²) in [6, 6.07) is 5.96. The number of rotatable bonds is 11. The molecule has 1 rings (SSSR count). The number of hydrogen-bond acceptors (Lipinski definition) is 4. The van der Waals surface area contributed by atoms with Gasteiger partial charge in [-0.2, -0.15) is 0 Å². The Balaban J connectivity index is 2.67. The molecule has 27 heavy (non-hydrogen) atoms. The number of ether oxygens (including phenoxy) is 2. The van der Waals surface area contributed by atoms with E-state index in [-0.39, 0.29) is 12.5 Å². The molecule has 150 valence electrons. The van der Waals surface area contributed by atoms with Gasteiger partial charge in [0.1, 0.15) is 6.54 Å². The maximum atomic E-state index is 11.7. The molecule has 0 aromatic heterocycles. The monoisotopic (exact) mass is 376 g/mol. The number of carbonyl (C=O) groups excluding carboxylic acids is 1. The Morgan fingerprint density at radius 3 is 2.52 bits per heavy atom. The lowest BCUT2D eigenvalue weighted by Gasteiger charge is -2.14. The lowest BCUT2D eigenvalue weighted by molar-refractivity contribution is -0.127. The van der Waals surface area contributed by atoms with E-state index in [4.69, 9.17) is 9.47 Å². The number of carbonyl (C=O) groups is 1. The van der Waals surface area contributed by atoms with Crippen molar-refractivity contribution >= 4 is 11.9 Å². The lowest BCUT2D eigenvalue weighted by atomic mass is 10.1. The van der Waals surface area contributed by atoms with E-state index in [9.17, 15) is 4.79 Å². The highest BCUT2D eigenvalue weighted by Crippen LogP contribution is 2.28. The molecule has 0 radical (unpaired) electrons. The molecule has 0 atom stereocenters. The quantitative estimate of drug-likeness (QED) is 0.350. The largest absolute Gasteiger partial charge is 0.490 e. The van der Waals surface area contributed by atoms with Crippen LogP contribution in [0.5, 0.6) is 11.5 Å². The van der Waals surface area contributed by atoms with E-state index in [0.717, 1.165) is 23.5 Å². The smallest absolute Gasteiger partial charge is 0.243 e. The van der Waals surface area contributed by atoms with Crippen molar-refractivity contribution in [1.29, 1.82) is 0 Å². The highest BCUT2D eigenvalue weighted by Gasteiger charge is 2.07. The van der Waals surface area contributed by atoms with Crippen LogP contribution in [0.4, 0.5) is 0 Å². The molecule has 7 heteroatoms. The predicted molar refractivity (Wildman–Crippen MR) is 110 cm³/mol. The van der Waals surface area contributed by atoms with E-state index in [1.54, 1.807) is 20.2 Å². The van der Waals surface area contributed by atoms with E-state index in [2.05, 4.69) is 22.2 Å². The van der Waals surface area contributed by atoms with Crippen molar-refractivity contribution in [2.75, 3.05) is 46.9 Å². The molecule has 1 aromatic carbocycles. The molecule has 0 saturated carbocycles. The summed E-state index contributed by atoms with van der Waals surface area (Å²) in [6.07, 6.45) is 2.52. The number of nitrogens with one attached hydrogen (secondary N) is 2. The predicted octanol–water partition coefficient (Wildman–Crippen LogP) is 1.84. The molecule has 0 aliphatic rings. The van der Waals surface area contributed by atoms with Crippen LogP contribution >= 0.6 is 0 Å². The number of likely N-dealkylation sites (N-methyl/N-ethyl adjacent to an activating group) is 1. The average Bonchev–Trinajstić information content (AvgIpc) is 2.65. The second kappa shape index (κ2) is 12.6. The van der Waals surface area contributed by atoms with Crippen LogP contribution in [-0.4, -0.2) is 63.7 Å². The summed E-state index contributed by atoms with van der Waals surface area (Å²) in [5.41, 5.74) is 1.13. The minimum Gasteiger partial charge on any atom is -0.490 e. The third kappa shape index (κ3) is 8.48. The summed E-state index contributed by atoms with van der Waals surface area (Å²) in [7, 11) is 3.42. The molecule has 1 amide bonds. The van der Waals surface area contributed by atoms with Crippen molar-refractivity contribution in [1.82, 2.24) is 15.5 Å². The van der Waals surface area contributed by atoms with Crippen molar-refractivity contribution < 1.29 is 14.3 Å². The zero-order chi connectivity index (χ0) is 20.1. The molecule has 0 heterocycles. The van der Waals surface area contributed by atoms with Crippen molar-refractivity contribution in [2.24, 2.45) is 4.99 Å². The minimum absolute atomic E-state index is 0.0532.